The van der Waals surface area contributed by atoms with Crippen molar-refractivity contribution in [3.05, 3.63) is 69.8 Å². The Hall–Kier alpha value is -2.87. The molecule has 0 unspecified atom stereocenters. The minimum Gasteiger partial charge on any atom is -0.481 e. The molecule has 0 radical (unpaired) electrons. The largest absolute Gasteiger partial charge is 0.481 e. The smallest absolute Gasteiger partial charge is 0.308 e. The molecule has 1 aliphatic heterocycles. The van der Waals surface area contributed by atoms with Gasteiger partial charge in [0.1, 0.15) is 0 Å². The standard InChI is InChI=1S/C19H18N2O5S/c1-27-17-8-7-13(9-16(17)21(25)26)18(22)20-10-14(15(11-20)19(23)24)12-5-3-2-4-6-12/h2-9,14-15H,10-11H2,1H3,(H,23,24)/t14-,15-/m0/s1. The van der Waals surface area contributed by atoms with Crippen LogP contribution < -0.4 is 0 Å². The van der Waals surface area contributed by atoms with E-state index in [-0.39, 0.29) is 30.3 Å². The fraction of sp³-hybridized carbons (Fsp3) is 0.263. The highest BCUT2D eigenvalue weighted by Crippen LogP contribution is 2.35. The third-order valence-electron chi connectivity index (χ3n) is 4.77. The predicted molar refractivity (Wildman–Crippen MR) is 101 cm³/mol. The summed E-state index contributed by atoms with van der Waals surface area (Å²) in [5, 5.41) is 20.8. The van der Waals surface area contributed by atoms with E-state index in [4.69, 9.17) is 0 Å². The number of likely N-dealkylation sites (tertiary alicyclic amines) is 1. The molecule has 0 aromatic heterocycles. The van der Waals surface area contributed by atoms with Gasteiger partial charge in [0.25, 0.3) is 11.6 Å². The number of nitro groups is 1. The monoisotopic (exact) mass is 386 g/mol. The molecule has 3 rings (SSSR count). The van der Waals surface area contributed by atoms with Crippen LogP contribution in [0.15, 0.2) is 53.4 Å². The second-order valence-corrected chi connectivity index (χ2v) is 7.16. The van der Waals surface area contributed by atoms with Crippen LogP contribution in [0.4, 0.5) is 5.69 Å². The summed E-state index contributed by atoms with van der Waals surface area (Å²) < 4.78 is 0. The summed E-state index contributed by atoms with van der Waals surface area (Å²) in [7, 11) is 0. The van der Waals surface area contributed by atoms with Gasteiger partial charge in [-0.1, -0.05) is 30.3 Å². The van der Waals surface area contributed by atoms with Gasteiger partial charge in [0, 0.05) is 30.6 Å². The highest BCUT2D eigenvalue weighted by atomic mass is 32.2. The zero-order valence-electron chi connectivity index (χ0n) is 14.6. The highest BCUT2D eigenvalue weighted by molar-refractivity contribution is 7.98. The first-order chi connectivity index (χ1) is 12.9. The number of carboxylic acids is 1. The number of benzene rings is 2. The van der Waals surface area contributed by atoms with Gasteiger partial charge in [-0.25, -0.2) is 0 Å². The van der Waals surface area contributed by atoms with E-state index in [1.54, 1.807) is 18.4 Å². The number of amides is 1. The second-order valence-electron chi connectivity index (χ2n) is 6.32. The lowest BCUT2D eigenvalue weighted by Crippen LogP contribution is -2.30. The van der Waals surface area contributed by atoms with Crippen LogP contribution in [-0.2, 0) is 4.79 Å². The van der Waals surface area contributed by atoms with Crippen LogP contribution in [-0.4, -0.2) is 46.2 Å². The zero-order chi connectivity index (χ0) is 19.6. The number of thioether (sulfide) groups is 1. The van der Waals surface area contributed by atoms with Crippen LogP contribution in [0.3, 0.4) is 0 Å². The Morgan fingerprint density at radius 2 is 1.89 bits per heavy atom. The molecule has 0 saturated carbocycles. The Kier molecular flexibility index (Phi) is 5.46. The van der Waals surface area contributed by atoms with Crippen LogP contribution in [0.25, 0.3) is 0 Å². The molecule has 0 bridgehead atoms. The molecule has 1 amide bonds. The minimum atomic E-state index is -0.956. The number of hydrogen-bond acceptors (Lipinski definition) is 5. The summed E-state index contributed by atoms with van der Waals surface area (Å²) >= 11 is 1.23. The van der Waals surface area contributed by atoms with Crippen molar-refractivity contribution in [1.29, 1.82) is 0 Å². The summed E-state index contributed by atoms with van der Waals surface area (Å²) in [5.74, 6) is -2.37. The number of aliphatic carboxylic acids is 1. The minimum absolute atomic E-state index is 0.0752. The number of nitrogens with zero attached hydrogens (tertiary/aromatic N) is 2. The van der Waals surface area contributed by atoms with Gasteiger partial charge in [-0.15, -0.1) is 11.8 Å². The summed E-state index contributed by atoms with van der Waals surface area (Å²) in [4.78, 5) is 37.2. The summed E-state index contributed by atoms with van der Waals surface area (Å²) in [5.41, 5.74) is 0.934. The maximum Gasteiger partial charge on any atom is 0.308 e. The van der Waals surface area contributed by atoms with Crippen molar-refractivity contribution in [1.82, 2.24) is 4.90 Å². The Morgan fingerprint density at radius 3 is 2.48 bits per heavy atom. The molecule has 8 heteroatoms. The van der Waals surface area contributed by atoms with Crippen molar-refractivity contribution in [3.63, 3.8) is 0 Å². The number of rotatable bonds is 5. The fourth-order valence-electron chi connectivity index (χ4n) is 3.41. The average molecular weight is 386 g/mol. The van der Waals surface area contributed by atoms with Crippen LogP contribution in [0.5, 0.6) is 0 Å². The number of carbonyl (C=O) groups excluding carboxylic acids is 1. The molecular weight excluding hydrogens is 368 g/mol. The molecule has 27 heavy (non-hydrogen) atoms. The Morgan fingerprint density at radius 1 is 1.19 bits per heavy atom. The first-order valence-corrected chi connectivity index (χ1v) is 9.54. The maximum atomic E-state index is 12.9. The second kappa shape index (κ2) is 7.79. The van der Waals surface area contributed by atoms with Gasteiger partial charge in [-0.3, -0.25) is 19.7 Å². The van der Waals surface area contributed by atoms with Crippen molar-refractivity contribution in [2.75, 3.05) is 19.3 Å². The summed E-state index contributed by atoms with van der Waals surface area (Å²) in [6.45, 7) is 0.337. The molecule has 1 fully saturated rings. The molecule has 7 nitrogen and oxygen atoms in total. The third-order valence-corrected chi connectivity index (χ3v) is 5.56. The lowest BCUT2D eigenvalue weighted by Gasteiger charge is -2.17. The van der Waals surface area contributed by atoms with E-state index in [1.807, 2.05) is 30.3 Å². The fourth-order valence-corrected chi connectivity index (χ4v) is 3.95. The van der Waals surface area contributed by atoms with E-state index < -0.39 is 22.7 Å². The number of nitro benzene ring substituents is 1. The number of carbonyl (C=O) groups is 2. The lowest BCUT2D eigenvalue weighted by atomic mass is 9.89. The van der Waals surface area contributed by atoms with Crippen LogP contribution in [0.1, 0.15) is 21.8 Å². The van der Waals surface area contributed by atoms with Gasteiger partial charge in [0.05, 0.1) is 15.7 Å². The van der Waals surface area contributed by atoms with Crippen molar-refractivity contribution in [2.24, 2.45) is 5.92 Å². The molecule has 1 aliphatic rings. The molecular formula is C19H18N2O5S. The van der Waals surface area contributed by atoms with E-state index in [1.165, 1.54) is 22.7 Å². The predicted octanol–water partition coefficient (Wildman–Crippen LogP) is 3.26. The topological polar surface area (TPSA) is 101 Å². The summed E-state index contributed by atoms with van der Waals surface area (Å²) in [6, 6.07) is 13.6. The first kappa shape index (κ1) is 18.9. The van der Waals surface area contributed by atoms with Gasteiger partial charge < -0.3 is 10.0 Å². The number of carboxylic acid groups (broad SMARTS) is 1. The molecule has 1 heterocycles. The van der Waals surface area contributed by atoms with Gasteiger partial charge in [-0.05, 0) is 24.0 Å². The van der Waals surface area contributed by atoms with E-state index in [0.29, 0.717) is 4.90 Å². The molecule has 140 valence electrons. The quantitative estimate of drug-likeness (QED) is 0.481. The van der Waals surface area contributed by atoms with Gasteiger partial charge in [-0.2, -0.15) is 0 Å². The van der Waals surface area contributed by atoms with Crippen LogP contribution in [0.2, 0.25) is 0 Å². The van der Waals surface area contributed by atoms with E-state index in [0.717, 1.165) is 5.56 Å². The van der Waals surface area contributed by atoms with Gasteiger partial charge in [0.15, 0.2) is 0 Å². The molecule has 0 aliphatic carbocycles. The van der Waals surface area contributed by atoms with Gasteiger partial charge in [0.2, 0.25) is 0 Å². The lowest BCUT2D eigenvalue weighted by molar-refractivity contribution is -0.387. The van der Waals surface area contributed by atoms with Crippen LogP contribution in [0, 0.1) is 16.0 Å². The van der Waals surface area contributed by atoms with E-state index in [9.17, 15) is 24.8 Å². The third kappa shape index (κ3) is 3.80. The zero-order valence-corrected chi connectivity index (χ0v) is 15.4. The molecule has 2 atom stereocenters. The Labute approximate surface area is 160 Å². The van der Waals surface area contributed by atoms with E-state index >= 15 is 0 Å². The first-order valence-electron chi connectivity index (χ1n) is 8.31. The van der Waals surface area contributed by atoms with Crippen LogP contribution >= 0.6 is 11.8 Å². The van der Waals surface area contributed by atoms with E-state index in [2.05, 4.69) is 0 Å². The maximum absolute atomic E-state index is 12.9. The number of hydrogen-bond donors (Lipinski definition) is 1. The SMILES string of the molecule is CSc1ccc(C(=O)N2C[C@H](C(=O)O)[C@H](c3ccccc3)C2)cc1[N+](=O)[O-]. The molecule has 2 aromatic rings. The van der Waals surface area contributed by atoms with Gasteiger partial charge >= 0.3 is 5.97 Å². The molecule has 1 N–H and O–H groups in total. The normalized spacial score (nSPS) is 19.1. The molecule has 2 aromatic carbocycles. The average Bonchev–Trinajstić information content (AvgIpc) is 3.13. The van der Waals surface area contributed by atoms with Crippen molar-refractivity contribution in [2.45, 2.75) is 10.8 Å². The Balaban J connectivity index is 1.88. The highest BCUT2D eigenvalue weighted by Gasteiger charge is 2.40. The molecule has 1 saturated heterocycles. The summed E-state index contributed by atoms with van der Waals surface area (Å²) in [6.07, 6.45) is 1.73. The van der Waals surface area contributed by atoms with Crippen molar-refractivity contribution < 1.29 is 19.6 Å². The molecule has 0 spiro atoms. The Bertz CT molecular complexity index is 887. The van der Waals surface area contributed by atoms with Crippen molar-refractivity contribution >= 4 is 29.3 Å². The van der Waals surface area contributed by atoms with Crippen molar-refractivity contribution in [3.8, 4) is 0 Å².